The van der Waals surface area contributed by atoms with Crippen molar-refractivity contribution < 1.29 is 24.5 Å². The van der Waals surface area contributed by atoms with Gasteiger partial charge in [0.1, 0.15) is 0 Å². The number of unbranched alkanes of at least 4 members (excludes halogenated alkanes) is 39. The number of carbonyl (C=O) groups excluding carboxylic acids is 2. The Bertz CT molecular complexity index is 1010. The Kier molecular flexibility index (Phi) is 53.5. The smallest absolute Gasteiger partial charge is 0.305 e. The molecule has 0 spiro atoms. The molecule has 0 saturated carbocycles. The predicted octanol–water partition coefficient (Wildman–Crippen LogP) is 17.9. The molecule has 0 saturated heterocycles. The van der Waals surface area contributed by atoms with Gasteiger partial charge in [-0.25, -0.2) is 0 Å². The second-order valence-electron chi connectivity index (χ2n) is 20.0. The normalized spacial score (nSPS) is 12.7. The number of aliphatic hydroxyl groups is 2. The van der Waals surface area contributed by atoms with Gasteiger partial charge in [-0.3, -0.25) is 9.59 Å². The first kappa shape index (κ1) is 63.3. The van der Waals surface area contributed by atoms with Gasteiger partial charge in [0.2, 0.25) is 5.91 Å². The molecule has 6 nitrogen and oxygen atoms in total. The minimum atomic E-state index is -0.675. The van der Waals surface area contributed by atoms with Crippen LogP contribution in [0.25, 0.3) is 0 Å². The zero-order valence-corrected chi connectivity index (χ0v) is 43.7. The van der Waals surface area contributed by atoms with E-state index in [2.05, 4.69) is 43.5 Å². The number of hydrogen-bond acceptors (Lipinski definition) is 5. The Labute approximate surface area is 405 Å². The maximum Gasteiger partial charge on any atom is 0.305 e. The first-order valence-corrected chi connectivity index (χ1v) is 29.1. The van der Waals surface area contributed by atoms with Gasteiger partial charge >= 0.3 is 5.97 Å². The zero-order valence-electron chi connectivity index (χ0n) is 43.7. The summed E-state index contributed by atoms with van der Waals surface area (Å²) in [5, 5.41) is 23.3. The number of esters is 1. The van der Waals surface area contributed by atoms with Crippen molar-refractivity contribution in [3.63, 3.8) is 0 Å². The third-order valence-corrected chi connectivity index (χ3v) is 13.5. The average Bonchev–Trinajstić information content (AvgIpc) is 3.31. The summed E-state index contributed by atoms with van der Waals surface area (Å²) >= 11 is 0. The second-order valence-corrected chi connectivity index (χ2v) is 20.0. The molecule has 1 amide bonds. The molecule has 0 radical (unpaired) electrons. The number of aliphatic hydroxyl groups excluding tert-OH is 2. The summed E-state index contributed by atoms with van der Waals surface area (Å²) in [5.74, 6) is -0.0669. The van der Waals surface area contributed by atoms with Crippen molar-refractivity contribution in [2.24, 2.45) is 0 Å². The topological polar surface area (TPSA) is 95.9 Å². The van der Waals surface area contributed by atoms with Crippen LogP contribution in [0.1, 0.15) is 316 Å². The fourth-order valence-electron chi connectivity index (χ4n) is 8.98. The lowest BCUT2D eigenvalue weighted by Crippen LogP contribution is -2.45. The molecule has 6 heteroatoms. The van der Waals surface area contributed by atoms with E-state index < -0.39 is 12.1 Å². The number of hydrogen-bond donors (Lipinski definition) is 3. The van der Waals surface area contributed by atoms with Gasteiger partial charge in [-0.2, -0.15) is 0 Å². The van der Waals surface area contributed by atoms with Gasteiger partial charge in [0.05, 0.1) is 25.4 Å². The zero-order chi connectivity index (χ0) is 47.2. The summed E-state index contributed by atoms with van der Waals surface area (Å²) < 4.78 is 5.45. The van der Waals surface area contributed by atoms with E-state index in [-0.39, 0.29) is 18.5 Å². The molecule has 0 aliphatic heterocycles. The van der Waals surface area contributed by atoms with Crippen LogP contribution in [-0.2, 0) is 14.3 Å². The Morgan fingerprint density at radius 2 is 0.723 bits per heavy atom. The van der Waals surface area contributed by atoms with Crippen LogP contribution >= 0.6 is 0 Å². The third kappa shape index (κ3) is 51.6. The lowest BCUT2D eigenvalue weighted by atomic mass is 10.0. The molecule has 384 valence electrons. The summed E-state index contributed by atoms with van der Waals surface area (Å²) in [5.41, 5.74) is 0. The van der Waals surface area contributed by atoms with Crippen LogP contribution in [-0.4, -0.2) is 47.4 Å². The number of allylic oxidation sites excluding steroid dienone is 4. The Balaban J connectivity index is 3.48. The van der Waals surface area contributed by atoms with Crippen molar-refractivity contribution in [2.75, 3.05) is 13.2 Å². The number of carbonyl (C=O) groups is 2. The summed E-state index contributed by atoms with van der Waals surface area (Å²) in [6, 6.07) is -0.554. The summed E-state index contributed by atoms with van der Waals surface area (Å²) in [4.78, 5) is 24.5. The van der Waals surface area contributed by atoms with Crippen LogP contribution in [0.3, 0.4) is 0 Å². The van der Waals surface area contributed by atoms with Crippen LogP contribution in [0, 0.1) is 0 Å². The molecule has 0 aliphatic carbocycles. The van der Waals surface area contributed by atoms with E-state index >= 15 is 0 Å². The third-order valence-electron chi connectivity index (χ3n) is 13.5. The van der Waals surface area contributed by atoms with E-state index in [0.29, 0.717) is 25.9 Å². The van der Waals surface area contributed by atoms with E-state index in [9.17, 15) is 19.8 Å². The van der Waals surface area contributed by atoms with Crippen LogP contribution in [0.4, 0.5) is 0 Å². The fourth-order valence-corrected chi connectivity index (χ4v) is 8.98. The molecule has 0 aromatic heterocycles. The molecule has 65 heavy (non-hydrogen) atoms. The molecular weight excluding hydrogens is 803 g/mol. The first-order valence-electron chi connectivity index (χ1n) is 29.1. The predicted molar refractivity (Wildman–Crippen MR) is 283 cm³/mol. The molecular formula is C59H113NO5. The highest BCUT2D eigenvalue weighted by Crippen LogP contribution is 2.17. The van der Waals surface area contributed by atoms with Gasteiger partial charge in [0.15, 0.2) is 0 Å². The molecule has 0 aromatic rings. The number of ether oxygens (including phenoxy) is 1. The van der Waals surface area contributed by atoms with Crippen molar-refractivity contribution in [1.29, 1.82) is 0 Å². The standard InChI is InChI=1S/C59H113NO5/c1-3-5-7-9-11-13-15-17-18-19-20-21-22-24-28-31-35-39-43-47-51-57(62)56(55-61)60-58(63)52-48-44-40-36-32-29-25-23-26-30-34-38-42-46-50-54-65-59(64)53-49-45-41-37-33-27-16-14-12-10-8-6-4-2/h14,16,26,30,56-57,61-62H,3-13,15,17-25,27-29,31-55H2,1-2H3,(H,60,63)/b16-14-,30-26-. The number of nitrogens with one attached hydrogen (secondary N) is 1. The minimum Gasteiger partial charge on any atom is -0.466 e. The van der Waals surface area contributed by atoms with E-state index in [0.717, 1.165) is 70.6 Å². The van der Waals surface area contributed by atoms with Gasteiger partial charge < -0.3 is 20.3 Å². The molecule has 0 heterocycles. The minimum absolute atomic E-state index is 0.0188. The Morgan fingerprint density at radius 3 is 1.11 bits per heavy atom. The lowest BCUT2D eigenvalue weighted by molar-refractivity contribution is -0.143. The van der Waals surface area contributed by atoms with Crippen LogP contribution in [0.15, 0.2) is 24.3 Å². The van der Waals surface area contributed by atoms with Gasteiger partial charge in [0.25, 0.3) is 0 Å². The van der Waals surface area contributed by atoms with Crippen molar-refractivity contribution >= 4 is 11.9 Å². The maximum atomic E-state index is 12.5. The largest absolute Gasteiger partial charge is 0.466 e. The van der Waals surface area contributed by atoms with E-state index in [1.165, 1.54) is 212 Å². The fraction of sp³-hybridized carbons (Fsp3) is 0.898. The summed E-state index contributed by atoms with van der Waals surface area (Å²) in [7, 11) is 0. The molecule has 0 aromatic carbocycles. The van der Waals surface area contributed by atoms with Gasteiger partial charge in [-0.1, -0.05) is 250 Å². The molecule has 0 bridgehead atoms. The summed E-state index contributed by atoms with van der Waals surface area (Å²) in [6.07, 6.45) is 65.9. The first-order chi connectivity index (χ1) is 32.0. The Hall–Kier alpha value is -1.66. The summed E-state index contributed by atoms with van der Waals surface area (Å²) in [6.45, 7) is 4.91. The van der Waals surface area contributed by atoms with Crippen molar-refractivity contribution in [2.45, 2.75) is 328 Å². The lowest BCUT2D eigenvalue weighted by Gasteiger charge is -2.22. The van der Waals surface area contributed by atoms with Crippen LogP contribution in [0.5, 0.6) is 0 Å². The molecule has 3 N–H and O–H groups in total. The van der Waals surface area contributed by atoms with E-state index in [1.807, 2.05) is 0 Å². The molecule has 0 fully saturated rings. The van der Waals surface area contributed by atoms with Gasteiger partial charge in [0, 0.05) is 12.8 Å². The Morgan fingerprint density at radius 1 is 0.415 bits per heavy atom. The van der Waals surface area contributed by atoms with Gasteiger partial charge in [-0.15, -0.1) is 0 Å². The van der Waals surface area contributed by atoms with Crippen LogP contribution in [0.2, 0.25) is 0 Å². The maximum absolute atomic E-state index is 12.5. The highest BCUT2D eigenvalue weighted by molar-refractivity contribution is 5.76. The van der Waals surface area contributed by atoms with E-state index in [1.54, 1.807) is 0 Å². The average molecular weight is 917 g/mol. The van der Waals surface area contributed by atoms with Crippen molar-refractivity contribution in [3.05, 3.63) is 24.3 Å². The van der Waals surface area contributed by atoms with Crippen molar-refractivity contribution in [3.8, 4) is 0 Å². The number of rotatable bonds is 54. The SMILES string of the molecule is CCCCCC/C=C\CCCCCCCC(=O)OCCCCCC/C=C\CCCCCCCCCC(=O)NC(CO)C(O)CCCCCCCCCCCCCCCCCCCCCC. The van der Waals surface area contributed by atoms with Crippen LogP contribution < -0.4 is 5.32 Å². The monoisotopic (exact) mass is 916 g/mol. The second kappa shape index (κ2) is 54.9. The van der Waals surface area contributed by atoms with Crippen molar-refractivity contribution in [1.82, 2.24) is 5.32 Å². The molecule has 2 atom stereocenters. The number of amides is 1. The molecule has 0 rings (SSSR count). The highest BCUT2D eigenvalue weighted by atomic mass is 16.5. The quantitative estimate of drug-likeness (QED) is 0.0321. The molecule has 2 unspecified atom stereocenters. The molecule has 0 aliphatic rings. The highest BCUT2D eigenvalue weighted by Gasteiger charge is 2.20. The van der Waals surface area contributed by atoms with Gasteiger partial charge in [-0.05, 0) is 77.0 Å². The van der Waals surface area contributed by atoms with E-state index in [4.69, 9.17) is 4.74 Å².